The third-order valence-corrected chi connectivity index (χ3v) is 2.95. The number of hydrogen-bond acceptors (Lipinski definition) is 4. The van der Waals surface area contributed by atoms with Crippen molar-refractivity contribution in [3.05, 3.63) is 24.0 Å². The zero-order chi connectivity index (χ0) is 12.3. The smallest absolute Gasteiger partial charge is 0.148 e. The van der Waals surface area contributed by atoms with Crippen LogP contribution in [0, 0.1) is 5.41 Å². The van der Waals surface area contributed by atoms with Gasteiger partial charge in [0, 0.05) is 18.8 Å². The second kappa shape index (κ2) is 5.14. The van der Waals surface area contributed by atoms with Crippen LogP contribution in [0.4, 0.5) is 0 Å². The summed E-state index contributed by atoms with van der Waals surface area (Å²) in [6, 6.07) is 2.43. The summed E-state index contributed by atoms with van der Waals surface area (Å²) < 4.78 is 5.62. The van der Waals surface area contributed by atoms with E-state index in [1.54, 1.807) is 18.5 Å². The Kier molecular flexibility index (Phi) is 3.58. The molecule has 17 heavy (non-hydrogen) atoms. The summed E-state index contributed by atoms with van der Waals surface area (Å²) in [6.45, 7) is 1.48. The highest BCUT2D eigenvalue weighted by atomic mass is 16.5. The minimum atomic E-state index is 0.0120. The van der Waals surface area contributed by atoms with Crippen LogP contribution >= 0.6 is 0 Å². The Morgan fingerprint density at radius 1 is 1.65 bits per heavy atom. The van der Waals surface area contributed by atoms with Gasteiger partial charge in [-0.1, -0.05) is 0 Å². The highest BCUT2D eigenvalue weighted by Gasteiger charge is 2.25. The molecule has 1 saturated carbocycles. The molecule has 1 aromatic rings. The normalized spacial score (nSPS) is 14.9. The largest absolute Gasteiger partial charge is 0.490 e. The van der Waals surface area contributed by atoms with Crippen molar-refractivity contribution in [2.45, 2.75) is 18.9 Å². The first-order valence-electron chi connectivity index (χ1n) is 5.80. The van der Waals surface area contributed by atoms with Crippen LogP contribution in [0.25, 0.3) is 0 Å². The lowest BCUT2D eigenvalue weighted by atomic mass is 10.2. The van der Waals surface area contributed by atoms with Crippen molar-refractivity contribution in [1.29, 1.82) is 5.41 Å². The van der Waals surface area contributed by atoms with E-state index in [1.807, 2.05) is 0 Å². The molecule has 0 bridgehead atoms. The summed E-state index contributed by atoms with van der Waals surface area (Å²) >= 11 is 0. The number of nitrogens with one attached hydrogen (secondary N) is 1. The second-order valence-electron chi connectivity index (χ2n) is 4.35. The molecule has 0 radical (unpaired) electrons. The molecule has 1 fully saturated rings. The van der Waals surface area contributed by atoms with Gasteiger partial charge in [-0.25, -0.2) is 0 Å². The monoisotopic (exact) mass is 234 g/mol. The Balaban J connectivity index is 1.87. The third kappa shape index (κ3) is 3.17. The van der Waals surface area contributed by atoms with Crippen molar-refractivity contribution in [3.63, 3.8) is 0 Å². The molecular formula is C12H18N4O. The van der Waals surface area contributed by atoms with Crippen LogP contribution in [0.2, 0.25) is 0 Å². The number of likely N-dealkylation sites (N-methyl/N-ethyl adjacent to an activating group) is 1. The molecule has 92 valence electrons. The van der Waals surface area contributed by atoms with Gasteiger partial charge in [-0.05, 0) is 26.0 Å². The van der Waals surface area contributed by atoms with Gasteiger partial charge in [0.15, 0.2) is 0 Å². The number of pyridine rings is 1. The molecule has 0 saturated heterocycles. The van der Waals surface area contributed by atoms with Crippen LogP contribution < -0.4 is 10.5 Å². The summed E-state index contributed by atoms with van der Waals surface area (Å²) in [5.74, 6) is 0.599. The first-order chi connectivity index (χ1) is 8.18. The number of nitrogens with two attached hydrogens (primary N) is 1. The molecule has 0 spiro atoms. The van der Waals surface area contributed by atoms with Gasteiger partial charge < -0.3 is 15.4 Å². The summed E-state index contributed by atoms with van der Waals surface area (Å²) in [6.07, 6.45) is 5.80. The molecule has 1 aromatic heterocycles. The maximum absolute atomic E-state index is 7.43. The maximum atomic E-state index is 7.43. The van der Waals surface area contributed by atoms with E-state index < -0.39 is 0 Å². The van der Waals surface area contributed by atoms with Crippen LogP contribution in [0.3, 0.4) is 0 Å². The molecule has 5 heteroatoms. The van der Waals surface area contributed by atoms with E-state index in [1.165, 1.54) is 12.8 Å². The van der Waals surface area contributed by atoms with Gasteiger partial charge in [-0.2, -0.15) is 0 Å². The molecule has 0 amide bonds. The van der Waals surface area contributed by atoms with Crippen LogP contribution in [0.15, 0.2) is 18.5 Å². The first kappa shape index (κ1) is 11.9. The molecule has 1 aliphatic carbocycles. The van der Waals surface area contributed by atoms with Crippen molar-refractivity contribution in [2.75, 3.05) is 20.2 Å². The molecule has 5 nitrogen and oxygen atoms in total. The first-order valence-corrected chi connectivity index (χ1v) is 5.80. The van der Waals surface area contributed by atoms with Crippen LogP contribution in [-0.4, -0.2) is 42.0 Å². The van der Waals surface area contributed by atoms with E-state index in [2.05, 4.69) is 16.9 Å². The zero-order valence-corrected chi connectivity index (χ0v) is 10.0. The van der Waals surface area contributed by atoms with Gasteiger partial charge in [0.25, 0.3) is 0 Å². The van der Waals surface area contributed by atoms with Crippen LogP contribution in [0.5, 0.6) is 5.75 Å². The van der Waals surface area contributed by atoms with Crippen LogP contribution in [-0.2, 0) is 0 Å². The summed E-state index contributed by atoms with van der Waals surface area (Å²) in [4.78, 5) is 6.28. The standard InChI is InChI=1S/C12H18N4O/c1-16(9-2-3-9)6-7-17-11-8-15-5-4-10(11)12(13)14/h4-5,8-9H,2-3,6-7H2,1H3,(H3,13,14). The summed E-state index contributed by atoms with van der Waals surface area (Å²) in [5.41, 5.74) is 6.08. The van der Waals surface area contributed by atoms with Gasteiger partial charge in [-0.3, -0.25) is 10.4 Å². The number of rotatable bonds is 6. The average molecular weight is 234 g/mol. The number of amidine groups is 1. The lowest BCUT2D eigenvalue weighted by molar-refractivity contribution is 0.231. The Labute approximate surface area is 101 Å². The highest BCUT2D eigenvalue weighted by Crippen LogP contribution is 2.25. The van der Waals surface area contributed by atoms with Crippen molar-refractivity contribution >= 4 is 5.84 Å². The molecule has 0 aromatic carbocycles. The Morgan fingerprint density at radius 3 is 3.06 bits per heavy atom. The van der Waals surface area contributed by atoms with Crippen LogP contribution in [0.1, 0.15) is 18.4 Å². The second-order valence-corrected chi connectivity index (χ2v) is 4.35. The summed E-state index contributed by atoms with van der Waals surface area (Å²) in [7, 11) is 2.11. The predicted octanol–water partition coefficient (Wildman–Crippen LogP) is 0.839. The van der Waals surface area contributed by atoms with E-state index in [-0.39, 0.29) is 5.84 Å². The molecule has 1 aliphatic rings. The minimum Gasteiger partial charge on any atom is -0.490 e. The molecule has 0 unspecified atom stereocenters. The predicted molar refractivity (Wildman–Crippen MR) is 66.4 cm³/mol. The van der Waals surface area contributed by atoms with Crippen molar-refractivity contribution in [1.82, 2.24) is 9.88 Å². The maximum Gasteiger partial charge on any atom is 0.148 e. The molecule has 3 N–H and O–H groups in total. The van der Waals surface area contributed by atoms with E-state index >= 15 is 0 Å². The Morgan fingerprint density at radius 2 is 2.41 bits per heavy atom. The van der Waals surface area contributed by atoms with Gasteiger partial charge in [-0.15, -0.1) is 0 Å². The zero-order valence-electron chi connectivity index (χ0n) is 10.0. The highest BCUT2D eigenvalue weighted by molar-refractivity contribution is 5.97. The molecule has 2 rings (SSSR count). The quantitative estimate of drug-likeness (QED) is 0.565. The number of aromatic nitrogens is 1. The molecule has 0 aliphatic heterocycles. The fourth-order valence-corrected chi connectivity index (χ4v) is 1.71. The van der Waals surface area contributed by atoms with Gasteiger partial charge in [0.1, 0.15) is 18.2 Å². The van der Waals surface area contributed by atoms with Crippen molar-refractivity contribution in [2.24, 2.45) is 5.73 Å². The van der Waals surface area contributed by atoms with Gasteiger partial charge in [0.05, 0.1) is 11.8 Å². The van der Waals surface area contributed by atoms with Crippen molar-refractivity contribution < 1.29 is 4.74 Å². The Bertz CT molecular complexity index is 403. The molecular weight excluding hydrogens is 216 g/mol. The SMILES string of the molecule is CN(CCOc1cnccc1C(=N)N)C1CC1. The van der Waals surface area contributed by atoms with E-state index in [4.69, 9.17) is 15.9 Å². The number of hydrogen-bond donors (Lipinski definition) is 2. The fraction of sp³-hybridized carbons (Fsp3) is 0.500. The number of nitrogen functional groups attached to an aromatic ring is 1. The van der Waals surface area contributed by atoms with Gasteiger partial charge >= 0.3 is 0 Å². The summed E-state index contributed by atoms with van der Waals surface area (Å²) in [5, 5.41) is 7.43. The lowest BCUT2D eigenvalue weighted by Gasteiger charge is -2.16. The fourth-order valence-electron chi connectivity index (χ4n) is 1.71. The third-order valence-electron chi connectivity index (χ3n) is 2.95. The van der Waals surface area contributed by atoms with E-state index in [0.29, 0.717) is 17.9 Å². The lowest BCUT2D eigenvalue weighted by Crippen LogP contribution is -2.26. The topological polar surface area (TPSA) is 75.2 Å². The Hall–Kier alpha value is -1.62. The minimum absolute atomic E-state index is 0.0120. The van der Waals surface area contributed by atoms with E-state index in [0.717, 1.165) is 12.6 Å². The average Bonchev–Trinajstić information content (AvgIpc) is 3.13. The number of nitrogens with zero attached hydrogens (tertiary/aromatic N) is 2. The molecule has 1 heterocycles. The van der Waals surface area contributed by atoms with E-state index in [9.17, 15) is 0 Å². The van der Waals surface area contributed by atoms with Crippen molar-refractivity contribution in [3.8, 4) is 5.75 Å². The van der Waals surface area contributed by atoms with Gasteiger partial charge in [0.2, 0.25) is 0 Å². The number of ether oxygens (including phenoxy) is 1. The molecule has 0 atom stereocenters.